The molecule has 0 radical (unpaired) electrons. The molecule has 1 aromatic carbocycles. The number of halogens is 1. The van der Waals surface area contributed by atoms with Gasteiger partial charge in [-0.2, -0.15) is 0 Å². The van der Waals surface area contributed by atoms with Gasteiger partial charge in [0.05, 0.1) is 29.7 Å². The number of likely N-dealkylation sites (tertiary alicyclic amines) is 1. The quantitative estimate of drug-likeness (QED) is 0.393. The normalized spacial score (nSPS) is 27.8. The van der Waals surface area contributed by atoms with Crippen molar-refractivity contribution in [2.24, 2.45) is 11.8 Å². The van der Waals surface area contributed by atoms with Crippen LogP contribution in [0, 0.1) is 11.8 Å². The minimum Gasteiger partial charge on any atom is -0.543 e. The Labute approximate surface area is 222 Å². The number of amides is 1. The van der Waals surface area contributed by atoms with E-state index in [0.717, 1.165) is 19.6 Å². The number of carboxylic acid groups (broad SMARTS) is 1. The van der Waals surface area contributed by atoms with Gasteiger partial charge in [0, 0.05) is 40.7 Å². The van der Waals surface area contributed by atoms with Gasteiger partial charge in [0.2, 0.25) is 5.91 Å². The molecule has 3 aliphatic rings. The number of carbonyl (C=O) groups excluding carboxylic acids is 2. The molecule has 0 bridgehead atoms. The van der Waals surface area contributed by atoms with E-state index in [1.807, 2.05) is 31.2 Å². The van der Waals surface area contributed by atoms with E-state index in [-0.39, 0.29) is 80.2 Å². The zero-order valence-electron chi connectivity index (χ0n) is 16.7. The topological polar surface area (TPSA) is 83.9 Å². The summed E-state index contributed by atoms with van der Waals surface area (Å²) in [4.78, 5) is 28.4. The van der Waals surface area contributed by atoms with Crippen LogP contribution in [-0.2, 0) is 16.1 Å². The van der Waals surface area contributed by atoms with Crippen LogP contribution in [0.2, 0.25) is 5.02 Å². The van der Waals surface area contributed by atoms with Gasteiger partial charge in [-0.1, -0.05) is 30.7 Å². The van der Waals surface area contributed by atoms with Gasteiger partial charge in [0.1, 0.15) is 0 Å². The molecule has 0 unspecified atom stereocenters. The number of aliphatic carboxylic acids is 1. The maximum Gasteiger partial charge on any atom is 1.00 e. The average molecular weight is 461 g/mol. The van der Waals surface area contributed by atoms with Crippen LogP contribution in [-0.4, -0.2) is 57.3 Å². The van der Waals surface area contributed by atoms with E-state index < -0.39 is 18.0 Å². The van der Waals surface area contributed by atoms with Gasteiger partial charge in [0.15, 0.2) is 0 Å². The first-order valence-corrected chi connectivity index (χ1v) is 10.6. The number of β-lactam (4-membered cyclic amide) rings is 1. The number of hydrogen-bond donors (Lipinski definition) is 1. The first-order chi connectivity index (χ1) is 13.3. The fraction of sp³-hybridized carbons (Fsp3) is 0.500. The van der Waals surface area contributed by atoms with Crippen LogP contribution in [0.25, 0.3) is 0 Å². The van der Waals surface area contributed by atoms with Crippen LogP contribution in [0.5, 0.6) is 0 Å². The summed E-state index contributed by atoms with van der Waals surface area (Å²) in [7, 11) is 0. The van der Waals surface area contributed by atoms with E-state index in [0.29, 0.717) is 9.93 Å². The molecule has 0 spiro atoms. The minimum atomic E-state index is -1.31. The van der Waals surface area contributed by atoms with E-state index >= 15 is 0 Å². The van der Waals surface area contributed by atoms with Crippen LogP contribution in [0.1, 0.15) is 19.4 Å². The third kappa shape index (κ3) is 4.38. The number of aliphatic hydroxyl groups excluding tert-OH is 1. The molecule has 3 heterocycles. The zero-order chi connectivity index (χ0) is 20.2. The number of carboxylic acids is 1. The van der Waals surface area contributed by atoms with Crippen LogP contribution in [0.15, 0.2) is 34.9 Å². The molecule has 150 valence electrons. The number of benzene rings is 1. The molecule has 2 fully saturated rings. The fourth-order valence-corrected chi connectivity index (χ4v) is 6.13. The van der Waals surface area contributed by atoms with Gasteiger partial charge in [-0.3, -0.25) is 9.69 Å². The van der Waals surface area contributed by atoms with Crippen LogP contribution < -0.4 is 56.5 Å². The summed E-state index contributed by atoms with van der Waals surface area (Å²) in [6.45, 7) is 6.04. The average Bonchev–Trinajstić information content (AvgIpc) is 2.83. The second kappa shape index (κ2) is 9.30. The van der Waals surface area contributed by atoms with Crippen molar-refractivity contribution >= 4 is 35.2 Å². The van der Waals surface area contributed by atoms with E-state index in [1.165, 1.54) is 22.2 Å². The van der Waals surface area contributed by atoms with Gasteiger partial charge in [-0.25, -0.2) is 0 Å². The molecule has 6 nitrogen and oxygen atoms in total. The number of carbonyl (C=O) groups is 2. The third-order valence-corrected chi connectivity index (χ3v) is 7.54. The van der Waals surface area contributed by atoms with E-state index in [2.05, 4.69) is 4.90 Å². The molecule has 2 saturated heterocycles. The van der Waals surface area contributed by atoms with Crippen LogP contribution >= 0.6 is 23.4 Å². The summed E-state index contributed by atoms with van der Waals surface area (Å²) >= 11 is 7.46. The van der Waals surface area contributed by atoms with Gasteiger partial charge in [0.25, 0.3) is 0 Å². The SMILES string of the molecule is C[C@@H](O)[C@H]1C(=O)N2C(C(=O)[O-])=C(SC3CN(Cc4ccc(Cl)cc4)C3)[C@H](C)[C@H]12.[K+]. The van der Waals surface area contributed by atoms with Crippen LogP contribution in [0.3, 0.4) is 0 Å². The predicted octanol–water partition coefficient (Wildman–Crippen LogP) is -1.92. The molecule has 9 heteroatoms. The molecular weight excluding hydrogens is 439 g/mol. The number of thioether (sulfide) groups is 1. The summed E-state index contributed by atoms with van der Waals surface area (Å²) < 4.78 is 0. The fourth-order valence-electron chi connectivity index (χ4n) is 4.42. The maximum atomic E-state index is 12.4. The van der Waals surface area contributed by atoms with Crippen molar-refractivity contribution in [3.05, 3.63) is 45.5 Å². The van der Waals surface area contributed by atoms with Gasteiger partial charge >= 0.3 is 51.4 Å². The van der Waals surface area contributed by atoms with Gasteiger partial charge in [-0.05, 0) is 24.6 Å². The second-order valence-corrected chi connectivity index (χ2v) is 9.59. The van der Waals surface area contributed by atoms with Crippen molar-refractivity contribution in [3.8, 4) is 0 Å². The van der Waals surface area contributed by atoms with Crippen molar-refractivity contribution < 1.29 is 71.2 Å². The van der Waals surface area contributed by atoms with E-state index in [4.69, 9.17) is 11.6 Å². The Hall–Kier alpha value is 0.0964. The second-order valence-electron chi connectivity index (χ2n) is 7.81. The molecule has 3 aliphatic heterocycles. The molecule has 0 aromatic heterocycles. The number of fused-ring (bicyclic) bond motifs is 1. The molecule has 0 saturated carbocycles. The molecule has 1 N–H and O–H groups in total. The minimum absolute atomic E-state index is 0. The monoisotopic (exact) mass is 460 g/mol. The van der Waals surface area contributed by atoms with E-state index in [9.17, 15) is 19.8 Å². The van der Waals surface area contributed by atoms with Crippen molar-refractivity contribution in [3.63, 3.8) is 0 Å². The summed E-state index contributed by atoms with van der Waals surface area (Å²) in [6, 6.07) is 7.48. The molecule has 0 aliphatic carbocycles. The van der Waals surface area contributed by atoms with Gasteiger partial charge < -0.3 is 19.9 Å². The number of rotatable bonds is 6. The van der Waals surface area contributed by atoms with Crippen LogP contribution in [0.4, 0.5) is 0 Å². The summed E-state index contributed by atoms with van der Waals surface area (Å²) in [5.74, 6) is -2.28. The molecule has 4 rings (SSSR count). The molecule has 4 atom stereocenters. The number of nitrogens with zero attached hydrogens (tertiary/aromatic N) is 2. The van der Waals surface area contributed by atoms with Crippen molar-refractivity contribution in [2.75, 3.05) is 13.1 Å². The number of hydrogen-bond acceptors (Lipinski definition) is 6. The Bertz CT molecular complexity index is 841. The summed E-state index contributed by atoms with van der Waals surface area (Å²) in [6.07, 6.45) is -0.790. The Morgan fingerprint density at radius 2 is 1.97 bits per heavy atom. The largest absolute Gasteiger partial charge is 1.00 e. The molecule has 29 heavy (non-hydrogen) atoms. The van der Waals surface area contributed by atoms with Crippen molar-refractivity contribution in [1.29, 1.82) is 0 Å². The first-order valence-electron chi connectivity index (χ1n) is 9.38. The van der Waals surface area contributed by atoms with Crippen molar-refractivity contribution in [1.82, 2.24) is 9.80 Å². The molecular formula is C20H22ClKN2O4S. The Morgan fingerprint density at radius 3 is 2.52 bits per heavy atom. The predicted molar refractivity (Wildman–Crippen MR) is 105 cm³/mol. The molecule has 1 aromatic rings. The first kappa shape index (κ1) is 23.8. The van der Waals surface area contributed by atoms with Gasteiger partial charge in [-0.15, -0.1) is 11.8 Å². The third-order valence-electron chi connectivity index (χ3n) is 5.84. The van der Waals surface area contributed by atoms with Crippen molar-refractivity contribution in [2.45, 2.75) is 37.8 Å². The summed E-state index contributed by atoms with van der Waals surface area (Å²) in [5, 5.41) is 22.6. The molecule has 1 amide bonds. The Kier molecular flexibility index (Phi) is 7.62. The number of aliphatic hydroxyl groups is 1. The summed E-state index contributed by atoms with van der Waals surface area (Å²) in [5.41, 5.74) is 1.19. The Balaban J connectivity index is 0.00000240. The standard InChI is InChI=1S/C20H23ClN2O4S.K/c1-10-16-15(11(2)24)19(25)23(16)17(20(26)27)18(10)28-14-8-22(9-14)7-12-3-5-13(21)6-4-12;/h3-6,10-11,14-16,24H,7-9H2,1-2H3,(H,26,27);/q;+1/p-1/t10-,11-,15-,16-;/m1./s1. The maximum absolute atomic E-state index is 12.4. The Morgan fingerprint density at radius 1 is 1.34 bits per heavy atom. The zero-order valence-corrected chi connectivity index (χ0v) is 21.4. The van der Waals surface area contributed by atoms with E-state index in [1.54, 1.807) is 6.92 Å². The smallest absolute Gasteiger partial charge is 0.543 e.